The topological polar surface area (TPSA) is 29.1 Å². The highest BCUT2D eigenvalue weighted by Crippen LogP contribution is 2.17. The largest absolute Gasteiger partial charge is 0.356 e. The predicted molar refractivity (Wildman–Crippen MR) is 98.3 cm³/mol. The lowest BCUT2D eigenvalue weighted by Crippen LogP contribution is -2.21. The highest BCUT2D eigenvalue weighted by molar-refractivity contribution is 5.73. The third kappa shape index (κ3) is 5.41. The summed E-state index contributed by atoms with van der Waals surface area (Å²) in [6, 6.07) is 15.0. The summed E-state index contributed by atoms with van der Waals surface area (Å²) in [6.45, 7) is 6.58. The van der Waals surface area contributed by atoms with Crippen LogP contribution in [0.25, 0.3) is 12.2 Å². The van der Waals surface area contributed by atoms with Crippen molar-refractivity contribution in [2.24, 2.45) is 0 Å². The zero-order chi connectivity index (χ0) is 16.7. The third-order valence-electron chi connectivity index (χ3n) is 3.95. The molecule has 2 heteroatoms. The van der Waals surface area contributed by atoms with E-state index in [1.165, 1.54) is 27.8 Å². The molecule has 0 aromatic heterocycles. The molecule has 0 saturated carbocycles. The molecule has 0 aliphatic carbocycles. The molecule has 120 valence electrons. The number of benzene rings is 2. The molecule has 1 N–H and O–H groups in total. The van der Waals surface area contributed by atoms with E-state index in [1.807, 2.05) is 0 Å². The Morgan fingerprint density at radius 2 is 1.74 bits per heavy atom. The molecule has 0 fully saturated rings. The third-order valence-corrected chi connectivity index (χ3v) is 3.95. The van der Waals surface area contributed by atoms with Gasteiger partial charge in [-0.15, -0.1) is 0 Å². The van der Waals surface area contributed by atoms with E-state index in [9.17, 15) is 4.79 Å². The summed E-state index contributed by atoms with van der Waals surface area (Å²) < 4.78 is 0. The second kappa shape index (κ2) is 8.33. The van der Waals surface area contributed by atoms with Crippen molar-refractivity contribution >= 4 is 18.1 Å². The molecule has 2 rings (SSSR count). The number of aryl methyl sites for hydroxylation is 3. The highest BCUT2D eigenvalue weighted by Gasteiger charge is 1.99. The van der Waals surface area contributed by atoms with Crippen LogP contribution in [0.5, 0.6) is 0 Å². The van der Waals surface area contributed by atoms with Gasteiger partial charge in [-0.25, -0.2) is 0 Å². The molecule has 0 aliphatic heterocycles. The fourth-order valence-electron chi connectivity index (χ4n) is 2.68. The van der Waals surface area contributed by atoms with E-state index in [1.54, 1.807) is 6.92 Å². The highest BCUT2D eigenvalue weighted by atomic mass is 16.1. The predicted octanol–water partition coefficient (Wildman–Crippen LogP) is 4.54. The summed E-state index contributed by atoms with van der Waals surface area (Å²) >= 11 is 0. The second-order valence-corrected chi connectivity index (χ2v) is 5.97. The summed E-state index contributed by atoms with van der Waals surface area (Å²) in [6.07, 6.45) is 6.31. The minimum Gasteiger partial charge on any atom is -0.356 e. The maximum absolute atomic E-state index is 10.9. The molecule has 0 spiro atoms. The van der Waals surface area contributed by atoms with Crippen LogP contribution in [-0.4, -0.2) is 12.5 Å². The fraction of sp³-hybridized carbons (Fsp3) is 0.286. The van der Waals surface area contributed by atoms with Gasteiger partial charge in [0.25, 0.3) is 0 Å². The van der Waals surface area contributed by atoms with Crippen LogP contribution in [0.2, 0.25) is 0 Å². The Kier molecular flexibility index (Phi) is 6.16. The smallest absolute Gasteiger partial charge is 0.216 e. The van der Waals surface area contributed by atoms with E-state index in [4.69, 9.17) is 0 Å². The van der Waals surface area contributed by atoms with Crippen LogP contribution in [0.15, 0.2) is 42.5 Å². The lowest BCUT2D eigenvalue weighted by molar-refractivity contribution is -0.118. The van der Waals surface area contributed by atoms with Crippen LogP contribution in [0.4, 0.5) is 0 Å². The lowest BCUT2D eigenvalue weighted by Gasteiger charge is -2.06. The van der Waals surface area contributed by atoms with E-state index in [-0.39, 0.29) is 5.91 Å². The molecule has 0 saturated heterocycles. The Labute approximate surface area is 139 Å². The van der Waals surface area contributed by atoms with Crippen LogP contribution in [0.1, 0.15) is 41.2 Å². The molecule has 0 heterocycles. The standard InChI is InChI=1S/C21H25NO/c1-16-7-4-8-17(2)21(16)13-12-20-10-5-9-19(15-20)11-6-14-22-18(3)23/h4-5,7-10,12-13,15H,6,11,14H2,1-3H3,(H,22,23)/b13-12-. The Morgan fingerprint density at radius 1 is 1.04 bits per heavy atom. The first-order valence-electron chi connectivity index (χ1n) is 8.14. The number of carbonyl (C=O) groups is 1. The van der Waals surface area contributed by atoms with Crippen molar-refractivity contribution in [1.29, 1.82) is 0 Å². The minimum atomic E-state index is 0.0373. The van der Waals surface area contributed by atoms with Crippen LogP contribution < -0.4 is 5.32 Å². The summed E-state index contributed by atoms with van der Waals surface area (Å²) in [5.74, 6) is 0.0373. The van der Waals surface area contributed by atoms with E-state index in [0.717, 1.165) is 19.4 Å². The molecule has 0 bridgehead atoms. The fourth-order valence-corrected chi connectivity index (χ4v) is 2.68. The molecule has 2 aromatic rings. The molecule has 0 aliphatic rings. The lowest BCUT2D eigenvalue weighted by atomic mass is 10.0. The van der Waals surface area contributed by atoms with Crippen LogP contribution in [0, 0.1) is 13.8 Å². The average molecular weight is 307 g/mol. The number of amides is 1. The van der Waals surface area contributed by atoms with Crippen molar-refractivity contribution in [2.45, 2.75) is 33.6 Å². The molecule has 0 unspecified atom stereocenters. The number of hydrogen-bond donors (Lipinski definition) is 1. The molecular weight excluding hydrogens is 282 g/mol. The van der Waals surface area contributed by atoms with Gasteiger partial charge in [0.15, 0.2) is 0 Å². The molecule has 1 amide bonds. The summed E-state index contributed by atoms with van der Waals surface area (Å²) in [5.41, 5.74) is 6.41. The van der Waals surface area contributed by atoms with Gasteiger partial charge in [0.05, 0.1) is 0 Å². The molecule has 2 aromatic carbocycles. The number of nitrogens with one attached hydrogen (secondary N) is 1. The Morgan fingerprint density at radius 3 is 2.43 bits per heavy atom. The quantitative estimate of drug-likeness (QED) is 0.616. The van der Waals surface area contributed by atoms with Crippen molar-refractivity contribution in [3.8, 4) is 0 Å². The van der Waals surface area contributed by atoms with E-state index >= 15 is 0 Å². The first-order valence-corrected chi connectivity index (χ1v) is 8.14. The van der Waals surface area contributed by atoms with Crippen molar-refractivity contribution in [1.82, 2.24) is 5.32 Å². The van der Waals surface area contributed by atoms with E-state index in [0.29, 0.717) is 0 Å². The van der Waals surface area contributed by atoms with Crippen molar-refractivity contribution < 1.29 is 4.79 Å². The molecular formula is C21H25NO. The maximum Gasteiger partial charge on any atom is 0.216 e. The second-order valence-electron chi connectivity index (χ2n) is 5.97. The first-order chi connectivity index (χ1) is 11.1. The van der Waals surface area contributed by atoms with E-state index in [2.05, 4.69) is 73.8 Å². The Hall–Kier alpha value is -2.35. The zero-order valence-corrected chi connectivity index (χ0v) is 14.2. The number of hydrogen-bond acceptors (Lipinski definition) is 1. The summed E-state index contributed by atoms with van der Waals surface area (Å²) in [7, 11) is 0. The van der Waals surface area contributed by atoms with Gasteiger partial charge < -0.3 is 5.32 Å². The number of rotatable bonds is 6. The SMILES string of the molecule is CC(=O)NCCCc1cccc(/C=C\c2c(C)cccc2C)c1. The van der Waals surface area contributed by atoms with Crippen LogP contribution in [0.3, 0.4) is 0 Å². The van der Waals surface area contributed by atoms with Gasteiger partial charge in [-0.05, 0) is 54.5 Å². The monoisotopic (exact) mass is 307 g/mol. The van der Waals surface area contributed by atoms with Crippen molar-refractivity contribution in [3.05, 3.63) is 70.3 Å². The Balaban J connectivity index is 2.02. The minimum absolute atomic E-state index is 0.0373. The molecule has 2 nitrogen and oxygen atoms in total. The van der Waals surface area contributed by atoms with Gasteiger partial charge in [-0.3, -0.25) is 4.79 Å². The van der Waals surface area contributed by atoms with Gasteiger partial charge in [0.2, 0.25) is 5.91 Å². The first kappa shape index (κ1) is 17.0. The summed E-state index contributed by atoms with van der Waals surface area (Å²) in [4.78, 5) is 10.9. The summed E-state index contributed by atoms with van der Waals surface area (Å²) in [5, 5.41) is 2.84. The van der Waals surface area contributed by atoms with Gasteiger partial charge in [-0.1, -0.05) is 54.6 Å². The van der Waals surface area contributed by atoms with Crippen LogP contribution >= 0.6 is 0 Å². The zero-order valence-electron chi connectivity index (χ0n) is 14.2. The van der Waals surface area contributed by atoms with Crippen molar-refractivity contribution in [2.75, 3.05) is 6.54 Å². The molecule has 0 radical (unpaired) electrons. The van der Waals surface area contributed by atoms with Gasteiger partial charge in [-0.2, -0.15) is 0 Å². The van der Waals surface area contributed by atoms with Gasteiger partial charge in [0.1, 0.15) is 0 Å². The molecule has 0 atom stereocenters. The van der Waals surface area contributed by atoms with Crippen LogP contribution in [-0.2, 0) is 11.2 Å². The van der Waals surface area contributed by atoms with Crippen molar-refractivity contribution in [3.63, 3.8) is 0 Å². The Bertz CT molecular complexity index is 680. The average Bonchev–Trinajstić information content (AvgIpc) is 2.51. The van der Waals surface area contributed by atoms with Gasteiger partial charge in [0, 0.05) is 13.5 Å². The number of carbonyl (C=O) groups excluding carboxylic acids is 1. The maximum atomic E-state index is 10.9. The molecule has 23 heavy (non-hydrogen) atoms. The normalized spacial score (nSPS) is 10.9. The van der Waals surface area contributed by atoms with Gasteiger partial charge >= 0.3 is 0 Å². The van der Waals surface area contributed by atoms with E-state index < -0.39 is 0 Å².